The maximum atomic E-state index is 12.4. The third-order valence-electron chi connectivity index (χ3n) is 4.62. The zero-order valence-electron chi connectivity index (χ0n) is 11.1. The number of fused-ring (bicyclic) bond motifs is 5. The summed E-state index contributed by atoms with van der Waals surface area (Å²) < 4.78 is 1.09. The molecule has 3 aliphatic rings. The molecule has 21 heavy (non-hydrogen) atoms. The lowest BCUT2D eigenvalue weighted by atomic mass is 9.85. The van der Waals surface area contributed by atoms with Crippen LogP contribution in [0.4, 0.5) is 0 Å². The van der Waals surface area contributed by atoms with Gasteiger partial charge < -0.3 is 0 Å². The Hall–Kier alpha value is -1.50. The number of carbonyl (C=O) groups excluding carboxylic acids is 2. The fraction of sp³-hybridized carbons (Fsp3) is 0.312. The molecular weight excluding hydrogens is 379 g/mol. The van der Waals surface area contributed by atoms with Gasteiger partial charge in [0.25, 0.3) is 11.8 Å². The molecule has 4 atom stereocenters. The smallest absolute Gasteiger partial charge is 0.254 e. The van der Waals surface area contributed by atoms with Crippen molar-refractivity contribution in [3.63, 3.8) is 0 Å². The first-order valence-electron chi connectivity index (χ1n) is 7.01. The normalized spacial score (nSPS) is 33.5. The molecule has 1 heterocycles. The van der Waals surface area contributed by atoms with Crippen LogP contribution in [0, 0.1) is 27.2 Å². The Bertz CT molecular complexity index is 667. The van der Waals surface area contributed by atoms with Gasteiger partial charge in [-0.05, 0) is 58.5 Å². The lowest BCUT2D eigenvalue weighted by molar-refractivity contribution is -0.140. The topological polar surface area (TPSA) is 49.7 Å². The number of halogens is 1. The van der Waals surface area contributed by atoms with Crippen LogP contribution in [-0.2, 0) is 9.59 Å². The number of hydrogen-bond donors (Lipinski definition) is 0. The van der Waals surface area contributed by atoms with Crippen molar-refractivity contribution in [3.8, 4) is 0 Å². The van der Waals surface area contributed by atoms with Crippen LogP contribution in [0.3, 0.4) is 0 Å². The van der Waals surface area contributed by atoms with Crippen molar-refractivity contribution < 1.29 is 9.59 Å². The average molecular weight is 392 g/mol. The van der Waals surface area contributed by atoms with Gasteiger partial charge in [0.2, 0.25) is 0 Å². The second-order valence-corrected chi connectivity index (χ2v) is 7.03. The van der Waals surface area contributed by atoms with E-state index in [0.717, 1.165) is 20.6 Å². The maximum absolute atomic E-state index is 12.4. The number of hydrogen-bond acceptors (Lipinski definition) is 3. The molecule has 1 aromatic rings. The molecule has 2 aliphatic carbocycles. The Kier molecular flexibility index (Phi) is 2.99. The Morgan fingerprint density at radius 1 is 1.14 bits per heavy atom. The summed E-state index contributed by atoms with van der Waals surface area (Å²) in [6.45, 7) is 0. The SMILES string of the molecule is O=C1C2C3C=CC(C3)C2C(=O)N1/N=C/c1cccc(I)c1. The average Bonchev–Trinajstić information content (AvgIpc) is 3.12. The van der Waals surface area contributed by atoms with Gasteiger partial charge in [0, 0.05) is 3.57 Å². The number of carbonyl (C=O) groups is 2. The highest BCUT2D eigenvalue weighted by molar-refractivity contribution is 14.1. The van der Waals surface area contributed by atoms with Crippen molar-refractivity contribution >= 4 is 40.6 Å². The van der Waals surface area contributed by atoms with Crippen LogP contribution >= 0.6 is 22.6 Å². The molecule has 4 unspecified atom stereocenters. The van der Waals surface area contributed by atoms with Gasteiger partial charge in [-0.15, -0.1) is 0 Å². The second-order valence-electron chi connectivity index (χ2n) is 5.79. The highest BCUT2D eigenvalue weighted by Crippen LogP contribution is 2.52. The Morgan fingerprint density at radius 3 is 2.43 bits per heavy atom. The van der Waals surface area contributed by atoms with Gasteiger partial charge >= 0.3 is 0 Å². The minimum absolute atomic E-state index is 0.135. The van der Waals surface area contributed by atoms with E-state index < -0.39 is 0 Å². The van der Waals surface area contributed by atoms with Crippen molar-refractivity contribution in [2.75, 3.05) is 0 Å². The van der Waals surface area contributed by atoms with Gasteiger partial charge in [0.15, 0.2) is 0 Å². The van der Waals surface area contributed by atoms with Crippen LogP contribution in [0.5, 0.6) is 0 Å². The standard InChI is InChI=1S/C16H13IN2O2/c17-12-3-1-2-9(6-12)8-18-19-15(20)13-10-4-5-11(7-10)14(13)16(19)21/h1-6,8,10-11,13-14H,7H2/b18-8+. The summed E-state index contributed by atoms with van der Waals surface area (Å²) in [6, 6.07) is 7.78. The summed E-state index contributed by atoms with van der Waals surface area (Å²) in [6.07, 6.45) is 6.71. The van der Waals surface area contributed by atoms with Gasteiger partial charge in [-0.3, -0.25) is 9.59 Å². The third-order valence-corrected chi connectivity index (χ3v) is 5.29. The minimum atomic E-state index is -0.180. The fourth-order valence-corrected chi connectivity index (χ4v) is 4.28. The molecule has 2 fully saturated rings. The summed E-state index contributed by atoms with van der Waals surface area (Å²) in [5, 5.41) is 5.24. The monoisotopic (exact) mass is 392 g/mol. The van der Waals surface area contributed by atoms with Crippen LogP contribution in [-0.4, -0.2) is 23.0 Å². The van der Waals surface area contributed by atoms with Gasteiger partial charge in [0.1, 0.15) is 0 Å². The Morgan fingerprint density at radius 2 is 1.81 bits per heavy atom. The van der Waals surface area contributed by atoms with Crippen molar-refractivity contribution in [1.82, 2.24) is 5.01 Å². The zero-order chi connectivity index (χ0) is 14.6. The fourth-order valence-electron chi connectivity index (χ4n) is 3.71. The lowest BCUT2D eigenvalue weighted by Crippen LogP contribution is -2.28. The van der Waals surface area contributed by atoms with Crippen LogP contribution in [0.15, 0.2) is 41.5 Å². The van der Waals surface area contributed by atoms with E-state index in [9.17, 15) is 9.59 Å². The van der Waals surface area contributed by atoms with Gasteiger partial charge in [0.05, 0.1) is 18.1 Å². The van der Waals surface area contributed by atoms with Crippen LogP contribution in [0.25, 0.3) is 0 Å². The van der Waals surface area contributed by atoms with Gasteiger partial charge in [-0.25, -0.2) is 0 Å². The molecule has 106 valence electrons. The summed E-state index contributed by atoms with van der Waals surface area (Å²) in [7, 11) is 0. The predicted octanol–water partition coefficient (Wildman–Crippen LogP) is 2.43. The quantitative estimate of drug-likeness (QED) is 0.336. The van der Waals surface area contributed by atoms with E-state index in [1.54, 1.807) is 6.21 Å². The van der Waals surface area contributed by atoms with E-state index in [2.05, 4.69) is 39.8 Å². The van der Waals surface area contributed by atoms with Crippen LogP contribution in [0.1, 0.15) is 12.0 Å². The number of hydrazone groups is 1. The highest BCUT2D eigenvalue weighted by Gasteiger charge is 2.59. The lowest BCUT2D eigenvalue weighted by Gasteiger charge is -2.13. The van der Waals surface area contributed by atoms with Crippen molar-refractivity contribution in [3.05, 3.63) is 45.6 Å². The molecule has 2 bridgehead atoms. The van der Waals surface area contributed by atoms with E-state index >= 15 is 0 Å². The molecule has 4 nitrogen and oxygen atoms in total. The number of amides is 2. The molecule has 4 rings (SSSR count). The zero-order valence-corrected chi connectivity index (χ0v) is 13.3. The Balaban J connectivity index is 1.60. The van der Waals surface area contributed by atoms with Crippen molar-refractivity contribution in [2.45, 2.75) is 6.42 Å². The molecule has 1 aromatic carbocycles. The summed E-state index contributed by atoms with van der Waals surface area (Å²) in [4.78, 5) is 24.9. The molecule has 1 aliphatic heterocycles. The second kappa shape index (κ2) is 4.76. The van der Waals surface area contributed by atoms with Crippen LogP contribution in [0.2, 0.25) is 0 Å². The number of allylic oxidation sites excluding steroid dienone is 2. The molecule has 2 amide bonds. The van der Waals surface area contributed by atoms with Gasteiger partial charge in [-0.1, -0.05) is 24.3 Å². The summed E-state index contributed by atoms with van der Waals surface area (Å²) in [5.74, 6) is -0.169. The predicted molar refractivity (Wildman–Crippen MR) is 86.3 cm³/mol. The molecule has 5 heteroatoms. The molecule has 0 aromatic heterocycles. The number of nitrogens with zero attached hydrogens (tertiary/aromatic N) is 2. The van der Waals surface area contributed by atoms with E-state index in [0.29, 0.717) is 0 Å². The van der Waals surface area contributed by atoms with Crippen LogP contribution < -0.4 is 0 Å². The van der Waals surface area contributed by atoms with E-state index in [4.69, 9.17) is 0 Å². The minimum Gasteiger partial charge on any atom is -0.272 e. The number of benzene rings is 1. The number of imide groups is 1. The maximum Gasteiger partial charge on any atom is 0.254 e. The van der Waals surface area contributed by atoms with E-state index in [1.165, 1.54) is 0 Å². The van der Waals surface area contributed by atoms with Crippen molar-refractivity contribution in [1.29, 1.82) is 0 Å². The highest BCUT2D eigenvalue weighted by atomic mass is 127. The third kappa shape index (κ3) is 1.97. The number of rotatable bonds is 2. The van der Waals surface area contributed by atoms with E-state index in [-0.39, 0.29) is 35.5 Å². The molecule has 0 N–H and O–H groups in total. The molecule has 0 spiro atoms. The molecule has 1 saturated heterocycles. The molecular formula is C16H13IN2O2. The first-order chi connectivity index (χ1) is 10.1. The van der Waals surface area contributed by atoms with Gasteiger partial charge in [-0.2, -0.15) is 10.1 Å². The molecule has 0 radical (unpaired) electrons. The summed E-state index contributed by atoms with van der Waals surface area (Å²) >= 11 is 2.22. The first-order valence-corrected chi connectivity index (χ1v) is 8.09. The largest absolute Gasteiger partial charge is 0.272 e. The van der Waals surface area contributed by atoms with Crippen molar-refractivity contribution in [2.24, 2.45) is 28.8 Å². The Labute approximate surface area is 136 Å². The van der Waals surface area contributed by atoms with E-state index in [1.807, 2.05) is 24.3 Å². The molecule has 1 saturated carbocycles. The summed E-state index contributed by atoms with van der Waals surface area (Å²) in [5.41, 5.74) is 0.889. The first kappa shape index (κ1) is 13.2.